The molecule has 0 aliphatic heterocycles. The SMILES string of the molecule is CC(NC(=O)Nc1ccn2ccnc2c1)c1ccc2[nH]c(=O)oc2c1. The Labute approximate surface area is 141 Å². The molecule has 3 aromatic heterocycles. The Hall–Kier alpha value is -3.55. The molecule has 1 unspecified atom stereocenters. The molecular formula is C17H15N5O3. The number of oxazole rings is 1. The standard InChI is InChI=1S/C17H15N5O3/c1-10(11-2-3-13-14(8-11)25-17(24)21-13)19-16(23)20-12-4-6-22-7-5-18-15(22)9-12/h2-10H,1H3,(H,21,24)(H2,19,20,23). The lowest BCUT2D eigenvalue weighted by molar-refractivity contribution is 0.249. The summed E-state index contributed by atoms with van der Waals surface area (Å²) in [5.41, 5.74) is 3.31. The maximum atomic E-state index is 12.2. The summed E-state index contributed by atoms with van der Waals surface area (Å²) in [5.74, 6) is -0.500. The lowest BCUT2D eigenvalue weighted by Crippen LogP contribution is -2.31. The zero-order valence-corrected chi connectivity index (χ0v) is 13.3. The largest absolute Gasteiger partial charge is 0.417 e. The number of urea groups is 1. The number of nitrogens with one attached hydrogen (secondary N) is 3. The van der Waals surface area contributed by atoms with Crippen molar-refractivity contribution < 1.29 is 9.21 Å². The highest BCUT2D eigenvalue weighted by Gasteiger charge is 2.12. The molecule has 25 heavy (non-hydrogen) atoms. The van der Waals surface area contributed by atoms with Crippen LogP contribution in [0.3, 0.4) is 0 Å². The summed E-state index contributed by atoms with van der Waals surface area (Å²) in [5, 5.41) is 5.63. The molecule has 0 aliphatic carbocycles. The minimum Gasteiger partial charge on any atom is -0.408 e. The van der Waals surface area contributed by atoms with Gasteiger partial charge in [0, 0.05) is 30.3 Å². The van der Waals surface area contributed by atoms with E-state index in [1.807, 2.05) is 29.8 Å². The zero-order valence-electron chi connectivity index (χ0n) is 13.3. The minimum atomic E-state index is -0.500. The normalized spacial score (nSPS) is 12.4. The average Bonchev–Trinajstić information content (AvgIpc) is 3.18. The molecule has 0 spiro atoms. The summed E-state index contributed by atoms with van der Waals surface area (Å²) in [4.78, 5) is 30.2. The number of amides is 2. The van der Waals surface area contributed by atoms with Crippen LogP contribution in [-0.4, -0.2) is 20.4 Å². The van der Waals surface area contributed by atoms with Crippen molar-refractivity contribution >= 4 is 28.5 Å². The number of fused-ring (bicyclic) bond motifs is 2. The van der Waals surface area contributed by atoms with E-state index >= 15 is 0 Å². The van der Waals surface area contributed by atoms with E-state index in [0.29, 0.717) is 16.8 Å². The van der Waals surface area contributed by atoms with E-state index in [2.05, 4.69) is 20.6 Å². The fraction of sp³-hybridized carbons (Fsp3) is 0.118. The second-order valence-corrected chi connectivity index (χ2v) is 5.70. The van der Waals surface area contributed by atoms with Gasteiger partial charge in [-0.3, -0.25) is 4.98 Å². The van der Waals surface area contributed by atoms with E-state index in [1.54, 1.807) is 30.5 Å². The van der Waals surface area contributed by atoms with Crippen molar-refractivity contribution in [3.8, 4) is 0 Å². The summed E-state index contributed by atoms with van der Waals surface area (Å²) >= 11 is 0. The van der Waals surface area contributed by atoms with E-state index < -0.39 is 5.76 Å². The van der Waals surface area contributed by atoms with Crippen molar-refractivity contribution in [3.05, 3.63) is 65.0 Å². The van der Waals surface area contributed by atoms with Gasteiger partial charge in [-0.2, -0.15) is 0 Å². The first kappa shape index (κ1) is 15.0. The van der Waals surface area contributed by atoms with Crippen LogP contribution < -0.4 is 16.4 Å². The molecule has 3 N–H and O–H groups in total. The second kappa shape index (κ2) is 5.82. The summed E-state index contributed by atoms with van der Waals surface area (Å²) in [6, 6.07) is 8.28. The van der Waals surface area contributed by atoms with Crippen LogP contribution in [0.25, 0.3) is 16.7 Å². The van der Waals surface area contributed by atoms with Crippen LogP contribution in [0.4, 0.5) is 10.5 Å². The molecule has 8 nitrogen and oxygen atoms in total. The molecule has 0 aliphatic rings. The molecule has 0 radical (unpaired) electrons. The van der Waals surface area contributed by atoms with Gasteiger partial charge in [0.2, 0.25) is 0 Å². The summed E-state index contributed by atoms with van der Waals surface area (Å²) < 4.78 is 6.90. The number of imidazole rings is 1. The fourth-order valence-corrected chi connectivity index (χ4v) is 2.67. The average molecular weight is 337 g/mol. The molecule has 1 atom stereocenters. The Bertz CT molecular complexity index is 1120. The third-order valence-corrected chi connectivity index (χ3v) is 3.95. The van der Waals surface area contributed by atoms with Crippen LogP contribution in [0.1, 0.15) is 18.5 Å². The molecule has 0 saturated carbocycles. The molecule has 3 heterocycles. The van der Waals surface area contributed by atoms with Crippen LogP contribution in [-0.2, 0) is 0 Å². The number of aromatic amines is 1. The second-order valence-electron chi connectivity index (χ2n) is 5.70. The van der Waals surface area contributed by atoms with Crippen LogP contribution in [0.15, 0.2) is 58.1 Å². The molecule has 0 saturated heterocycles. The van der Waals surface area contributed by atoms with Gasteiger partial charge in [-0.05, 0) is 30.7 Å². The van der Waals surface area contributed by atoms with Gasteiger partial charge in [0.1, 0.15) is 5.65 Å². The van der Waals surface area contributed by atoms with Gasteiger partial charge < -0.3 is 19.5 Å². The number of hydrogen-bond donors (Lipinski definition) is 3. The van der Waals surface area contributed by atoms with Crippen LogP contribution >= 0.6 is 0 Å². The van der Waals surface area contributed by atoms with Crippen molar-refractivity contribution in [2.24, 2.45) is 0 Å². The van der Waals surface area contributed by atoms with Crippen molar-refractivity contribution in [2.75, 3.05) is 5.32 Å². The van der Waals surface area contributed by atoms with Gasteiger partial charge in [0.25, 0.3) is 0 Å². The van der Waals surface area contributed by atoms with Gasteiger partial charge in [-0.1, -0.05) is 6.07 Å². The Kier molecular flexibility index (Phi) is 3.50. The molecule has 1 aromatic carbocycles. The summed E-state index contributed by atoms with van der Waals surface area (Å²) in [6.07, 6.45) is 5.34. The zero-order chi connectivity index (χ0) is 17.4. The van der Waals surface area contributed by atoms with Gasteiger partial charge in [0.15, 0.2) is 5.58 Å². The molecule has 4 rings (SSSR count). The van der Waals surface area contributed by atoms with Crippen molar-refractivity contribution in [3.63, 3.8) is 0 Å². The number of nitrogens with zero attached hydrogens (tertiary/aromatic N) is 2. The van der Waals surface area contributed by atoms with E-state index in [9.17, 15) is 9.59 Å². The van der Waals surface area contributed by atoms with E-state index in [4.69, 9.17) is 4.42 Å². The van der Waals surface area contributed by atoms with Crippen molar-refractivity contribution in [1.29, 1.82) is 0 Å². The van der Waals surface area contributed by atoms with E-state index in [0.717, 1.165) is 11.2 Å². The predicted molar refractivity (Wildman–Crippen MR) is 92.6 cm³/mol. The van der Waals surface area contributed by atoms with Gasteiger partial charge in [-0.25, -0.2) is 14.6 Å². The van der Waals surface area contributed by atoms with Gasteiger partial charge in [0.05, 0.1) is 11.6 Å². The van der Waals surface area contributed by atoms with E-state index in [1.165, 1.54) is 0 Å². The molecule has 4 aromatic rings. The Morgan fingerprint density at radius 1 is 1.28 bits per heavy atom. The molecule has 2 amide bonds. The Balaban J connectivity index is 1.47. The number of aromatic nitrogens is 3. The maximum Gasteiger partial charge on any atom is 0.417 e. The number of pyridine rings is 1. The number of H-pyrrole nitrogens is 1. The number of carbonyl (C=O) groups excluding carboxylic acids is 1. The Morgan fingerprint density at radius 2 is 2.16 bits per heavy atom. The van der Waals surface area contributed by atoms with Crippen LogP contribution in [0.2, 0.25) is 0 Å². The van der Waals surface area contributed by atoms with Gasteiger partial charge >= 0.3 is 11.8 Å². The first-order chi connectivity index (χ1) is 12.1. The quantitative estimate of drug-likeness (QED) is 0.534. The van der Waals surface area contributed by atoms with Gasteiger partial charge in [-0.15, -0.1) is 0 Å². The first-order valence-electron chi connectivity index (χ1n) is 7.71. The number of anilines is 1. The van der Waals surface area contributed by atoms with E-state index in [-0.39, 0.29) is 12.1 Å². The number of rotatable bonds is 3. The number of hydrogen-bond acceptors (Lipinski definition) is 4. The first-order valence-corrected chi connectivity index (χ1v) is 7.71. The Morgan fingerprint density at radius 3 is 3.04 bits per heavy atom. The smallest absolute Gasteiger partial charge is 0.408 e. The van der Waals surface area contributed by atoms with Crippen molar-refractivity contribution in [1.82, 2.24) is 19.7 Å². The lowest BCUT2D eigenvalue weighted by Gasteiger charge is -2.15. The highest BCUT2D eigenvalue weighted by molar-refractivity contribution is 5.90. The molecule has 0 bridgehead atoms. The molecule has 126 valence electrons. The summed E-state index contributed by atoms with van der Waals surface area (Å²) in [7, 11) is 0. The van der Waals surface area contributed by atoms with Crippen molar-refractivity contribution in [2.45, 2.75) is 13.0 Å². The third-order valence-electron chi connectivity index (χ3n) is 3.95. The highest BCUT2D eigenvalue weighted by Crippen LogP contribution is 2.18. The maximum absolute atomic E-state index is 12.2. The highest BCUT2D eigenvalue weighted by atomic mass is 16.4. The molecule has 0 fully saturated rings. The predicted octanol–water partition coefficient (Wildman–Crippen LogP) is 2.65. The monoisotopic (exact) mass is 337 g/mol. The third kappa shape index (κ3) is 2.97. The topological polar surface area (TPSA) is 104 Å². The number of carbonyl (C=O) groups is 1. The summed E-state index contributed by atoms with van der Waals surface area (Å²) in [6.45, 7) is 1.85. The lowest BCUT2D eigenvalue weighted by atomic mass is 10.1. The van der Waals surface area contributed by atoms with Crippen LogP contribution in [0.5, 0.6) is 0 Å². The number of benzene rings is 1. The van der Waals surface area contributed by atoms with Crippen LogP contribution in [0, 0.1) is 0 Å². The minimum absolute atomic E-state index is 0.264. The molecular weight excluding hydrogens is 322 g/mol. The fourth-order valence-electron chi connectivity index (χ4n) is 2.67. The molecule has 8 heteroatoms.